The first-order chi connectivity index (χ1) is 21.0. The summed E-state index contributed by atoms with van der Waals surface area (Å²) in [4.78, 5) is 32.9. The average molecular weight is 642 g/mol. The fraction of sp³-hybridized carbons (Fsp3) is 0.545. The van der Waals surface area contributed by atoms with E-state index >= 15 is 0 Å². The van der Waals surface area contributed by atoms with Crippen LogP contribution in [0.25, 0.3) is 0 Å². The summed E-state index contributed by atoms with van der Waals surface area (Å²) in [6.07, 6.45) is 9.48. The first-order valence-electron chi connectivity index (χ1n) is 15.4. The highest BCUT2D eigenvalue weighted by Gasteiger charge is 2.49. The molecular formula is C33H40ClN3O6S. The number of benzene rings is 1. The van der Waals surface area contributed by atoms with Crippen LogP contribution in [0.5, 0.6) is 5.75 Å². The van der Waals surface area contributed by atoms with E-state index in [2.05, 4.69) is 15.7 Å². The van der Waals surface area contributed by atoms with Crippen molar-refractivity contribution in [2.45, 2.75) is 68.6 Å². The zero-order chi connectivity index (χ0) is 31.3. The van der Waals surface area contributed by atoms with Gasteiger partial charge in [0.2, 0.25) is 10.0 Å². The molecule has 0 saturated heterocycles. The Hall–Kier alpha value is -2.95. The maximum atomic E-state index is 13.3. The van der Waals surface area contributed by atoms with Crippen molar-refractivity contribution in [3.8, 4) is 5.75 Å². The summed E-state index contributed by atoms with van der Waals surface area (Å²) in [5.41, 5.74) is 0.943. The van der Waals surface area contributed by atoms with Gasteiger partial charge in [-0.25, -0.2) is 18.1 Å². The number of aldehydes is 1. The molecule has 0 unspecified atom stereocenters. The van der Waals surface area contributed by atoms with Gasteiger partial charge in [-0.2, -0.15) is 0 Å². The minimum absolute atomic E-state index is 0.00355. The number of anilines is 1. The van der Waals surface area contributed by atoms with Crippen LogP contribution in [0.1, 0.15) is 67.6 Å². The Labute approximate surface area is 264 Å². The number of fused-ring (bicyclic) bond motifs is 4. The number of sulfonamides is 1. The average Bonchev–Trinajstić information content (AvgIpc) is 3.14. The van der Waals surface area contributed by atoms with Crippen molar-refractivity contribution in [2.24, 2.45) is 17.8 Å². The van der Waals surface area contributed by atoms with Crippen molar-refractivity contribution in [3.63, 3.8) is 0 Å². The van der Waals surface area contributed by atoms with E-state index in [1.165, 1.54) is 17.2 Å². The molecule has 1 amide bonds. The molecule has 9 nitrogen and oxygen atoms in total. The number of pyridine rings is 1. The molecule has 6 atom stereocenters. The van der Waals surface area contributed by atoms with Crippen LogP contribution in [-0.4, -0.2) is 63.3 Å². The molecule has 2 aliphatic carbocycles. The summed E-state index contributed by atoms with van der Waals surface area (Å²) in [6.45, 7) is 4.97. The predicted molar refractivity (Wildman–Crippen MR) is 169 cm³/mol. The van der Waals surface area contributed by atoms with Gasteiger partial charge in [0, 0.05) is 36.6 Å². The number of hydrogen-bond acceptors (Lipinski definition) is 8. The lowest BCUT2D eigenvalue weighted by atomic mass is 9.64. The zero-order valence-electron chi connectivity index (χ0n) is 25.4. The molecule has 6 rings (SSSR count). The predicted octanol–water partition coefficient (Wildman–Crippen LogP) is 4.86. The first-order valence-corrected chi connectivity index (χ1v) is 17.4. The Morgan fingerprint density at radius 2 is 2.02 bits per heavy atom. The van der Waals surface area contributed by atoms with E-state index in [-0.39, 0.29) is 28.9 Å². The number of amides is 1. The molecule has 11 heteroatoms. The van der Waals surface area contributed by atoms with Crippen LogP contribution >= 0.6 is 11.6 Å². The van der Waals surface area contributed by atoms with Crippen molar-refractivity contribution in [1.29, 1.82) is 0 Å². The fourth-order valence-electron chi connectivity index (χ4n) is 7.53. The van der Waals surface area contributed by atoms with Crippen LogP contribution in [0.15, 0.2) is 42.5 Å². The van der Waals surface area contributed by atoms with E-state index in [1.807, 2.05) is 25.1 Å². The summed E-state index contributed by atoms with van der Waals surface area (Å²) in [5, 5.41) is -0.163. The van der Waals surface area contributed by atoms with Crippen LogP contribution in [0, 0.1) is 17.8 Å². The SMILES string of the molecule is CO[C@@]1(C=O)/C=C/C[C@H](C)[C@@H](C)S(=O)(=O)NC(=O)c2ccc3c(n2)N(C[C@@H]2CC[C@H]21)C[C@@]1(CCCc2cc(Cl)ccc21)CO3. The fourth-order valence-corrected chi connectivity index (χ4v) is 8.99. The molecule has 1 aromatic heterocycles. The molecular weight excluding hydrogens is 602 g/mol. The topological polar surface area (TPSA) is 115 Å². The Kier molecular flexibility index (Phi) is 8.30. The summed E-state index contributed by atoms with van der Waals surface area (Å²) >= 11 is 6.39. The van der Waals surface area contributed by atoms with Crippen molar-refractivity contribution in [2.75, 3.05) is 31.7 Å². The lowest BCUT2D eigenvalue weighted by Crippen LogP contribution is -2.54. The van der Waals surface area contributed by atoms with Gasteiger partial charge in [-0.05, 0) is 98.8 Å². The van der Waals surface area contributed by atoms with Crippen molar-refractivity contribution >= 4 is 39.6 Å². The van der Waals surface area contributed by atoms with E-state index in [9.17, 15) is 18.0 Å². The molecule has 3 heterocycles. The van der Waals surface area contributed by atoms with E-state index in [0.29, 0.717) is 42.7 Å². The summed E-state index contributed by atoms with van der Waals surface area (Å²) in [6, 6.07) is 9.30. The number of rotatable bonds is 2. The minimum atomic E-state index is -4.01. The molecule has 1 spiro atoms. The molecule has 1 N–H and O–H groups in total. The third-order valence-electron chi connectivity index (χ3n) is 10.5. The number of halogens is 1. The maximum absolute atomic E-state index is 13.3. The third kappa shape index (κ3) is 5.43. The Morgan fingerprint density at radius 1 is 1.20 bits per heavy atom. The van der Waals surface area contributed by atoms with Gasteiger partial charge in [-0.15, -0.1) is 0 Å². The first kappa shape index (κ1) is 31.0. The highest BCUT2D eigenvalue weighted by Crippen LogP contribution is 2.48. The molecule has 44 heavy (non-hydrogen) atoms. The number of nitrogens with zero attached hydrogens (tertiary/aromatic N) is 2. The number of allylic oxidation sites excluding steroid dienone is 1. The summed E-state index contributed by atoms with van der Waals surface area (Å²) in [7, 11) is -2.46. The number of aryl methyl sites for hydroxylation is 1. The lowest BCUT2D eigenvalue weighted by molar-refractivity contribution is -0.135. The Morgan fingerprint density at radius 3 is 2.75 bits per heavy atom. The standard InChI is InChI=1S/C33H40ClN3O6S/c1-21-6-4-15-33(19-38,42-3)27-10-8-24(27)17-37-18-32(14-5-7-23-16-25(34)9-11-26(23)32)20-43-29-13-12-28(35-30(29)37)31(39)36-44(40,41)22(21)2/h4,9,11-13,15-16,19,21-22,24,27H,5-8,10,14,17-18,20H2,1-3H3,(H,36,39)/b15-4+/t21-,22+,24-,27+,32-,33+/m0/s1. The van der Waals surface area contributed by atoms with Crippen LogP contribution in [0.4, 0.5) is 5.82 Å². The molecule has 0 radical (unpaired) electrons. The van der Waals surface area contributed by atoms with Crippen LogP contribution in [-0.2, 0) is 31.4 Å². The number of methoxy groups -OCH3 is 1. The number of ether oxygens (including phenoxy) is 2. The molecule has 1 aromatic carbocycles. The number of hydrogen-bond donors (Lipinski definition) is 1. The molecule has 2 aromatic rings. The second-order valence-corrected chi connectivity index (χ2v) is 15.5. The van der Waals surface area contributed by atoms with Gasteiger partial charge in [0.1, 0.15) is 11.3 Å². The molecule has 236 valence electrons. The molecule has 1 saturated carbocycles. The second-order valence-electron chi connectivity index (χ2n) is 13.0. The van der Waals surface area contributed by atoms with Gasteiger partial charge in [0.15, 0.2) is 17.9 Å². The number of aromatic nitrogens is 1. The monoisotopic (exact) mass is 641 g/mol. The van der Waals surface area contributed by atoms with Crippen molar-refractivity contribution in [1.82, 2.24) is 9.71 Å². The molecule has 2 aliphatic heterocycles. The molecule has 2 bridgehead atoms. The van der Waals surface area contributed by atoms with Gasteiger partial charge in [0.05, 0.1) is 11.9 Å². The zero-order valence-corrected chi connectivity index (χ0v) is 27.0. The van der Waals surface area contributed by atoms with Crippen LogP contribution in [0.2, 0.25) is 5.02 Å². The van der Waals surface area contributed by atoms with Gasteiger partial charge in [-0.1, -0.05) is 30.7 Å². The lowest BCUT2D eigenvalue weighted by Gasteiger charge is -2.48. The van der Waals surface area contributed by atoms with E-state index in [1.54, 1.807) is 26.2 Å². The van der Waals surface area contributed by atoms with Crippen molar-refractivity contribution < 1.29 is 27.5 Å². The largest absolute Gasteiger partial charge is 0.489 e. The highest BCUT2D eigenvalue weighted by atomic mass is 35.5. The van der Waals surface area contributed by atoms with Crippen LogP contribution in [0.3, 0.4) is 0 Å². The van der Waals surface area contributed by atoms with E-state index in [4.69, 9.17) is 26.1 Å². The maximum Gasteiger partial charge on any atom is 0.283 e. The van der Waals surface area contributed by atoms with Crippen LogP contribution < -0.4 is 14.4 Å². The smallest absolute Gasteiger partial charge is 0.283 e. The molecule has 1 fully saturated rings. The third-order valence-corrected chi connectivity index (χ3v) is 12.7. The van der Waals surface area contributed by atoms with Gasteiger partial charge < -0.3 is 14.4 Å². The second kappa shape index (κ2) is 11.8. The van der Waals surface area contributed by atoms with Gasteiger partial charge in [0.25, 0.3) is 5.91 Å². The van der Waals surface area contributed by atoms with Crippen molar-refractivity contribution in [3.05, 3.63) is 64.3 Å². The summed E-state index contributed by atoms with van der Waals surface area (Å²) < 4.78 is 41.1. The summed E-state index contributed by atoms with van der Waals surface area (Å²) in [5.74, 6) is -0.0160. The normalized spacial score (nSPS) is 33.9. The quantitative estimate of drug-likeness (QED) is 0.365. The van der Waals surface area contributed by atoms with E-state index < -0.39 is 26.8 Å². The molecule has 4 aliphatic rings. The number of carbonyl (C=O) groups excluding carboxylic acids is 2. The van der Waals surface area contributed by atoms with E-state index in [0.717, 1.165) is 38.4 Å². The van der Waals surface area contributed by atoms with Gasteiger partial charge >= 0.3 is 0 Å². The Balaban J connectivity index is 1.46. The number of nitrogens with one attached hydrogen (secondary N) is 1. The minimum Gasteiger partial charge on any atom is -0.489 e. The Bertz CT molecular complexity index is 1600. The van der Waals surface area contributed by atoms with Gasteiger partial charge in [-0.3, -0.25) is 9.59 Å². The number of carbonyl (C=O) groups is 2. The highest BCUT2D eigenvalue weighted by molar-refractivity contribution is 7.90.